The Balaban J connectivity index is 2.24. The Morgan fingerprint density at radius 2 is 2.00 bits per heavy atom. The van der Waals surface area contributed by atoms with Crippen molar-refractivity contribution in [1.82, 2.24) is 15.0 Å². The molecule has 0 saturated carbocycles. The molecular weight excluding hydrogens is 265 g/mol. The lowest BCUT2D eigenvalue weighted by Crippen LogP contribution is -2.13. The summed E-state index contributed by atoms with van der Waals surface area (Å²) in [6.45, 7) is 0. The second kappa shape index (κ2) is 4.60. The Labute approximate surface area is 106 Å². The van der Waals surface area contributed by atoms with Gasteiger partial charge in [-0.1, -0.05) is 23.2 Å². The maximum Gasteiger partial charge on any atom is 0.272 e. The van der Waals surface area contributed by atoms with Crippen molar-refractivity contribution >= 4 is 40.5 Å². The zero-order valence-corrected chi connectivity index (χ0v) is 9.88. The minimum absolute atomic E-state index is 0.0675. The maximum absolute atomic E-state index is 11.8. The summed E-state index contributed by atoms with van der Waals surface area (Å²) < 4.78 is 0. The summed E-state index contributed by atoms with van der Waals surface area (Å²) in [5, 5.41) is 2.63. The SMILES string of the molecule is Nc1c[nH]c(C(=O)Nc2c(Cl)ncnc2Cl)c1. The zero-order chi connectivity index (χ0) is 12.4. The quantitative estimate of drug-likeness (QED) is 0.728. The van der Waals surface area contributed by atoms with Crippen LogP contribution in [0.15, 0.2) is 18.6 Å². The molecule has 6 nitrogen and oxygen atoms in total. The standard InChI is InChI=1S/C9H7Cl2N5O/c10-7-6(8(11)15-3-14-7)16-9(17)5-1-4(12)2-13-5/h1-3,13H,12H2,(H,16,17). The van der Waals surface area contributed by atoms with E-state index in [9.17, 15) is 4.79 Å². The van der Waals surface area contributed by atoms with Gasteiger partial charge in [-0.3, -0.25) is 4.79 Å². The highest BCUT2D eigenvalue weighted by molar-refractivity contribution is 6.38. The van der Waals surface area contributed by atoms with Crippen LogP contribution in [0.3, 0.4) is 0 Å². The number of anilines is 2. The first kappa shape index (κ1) is 11.7. The van der Waals surface area contributed by atoms with Crippen LogP contribution in [0.25, 0.3) is 0 Å². The molecule has 0 saturated heterocycles. The highest BCUT2D eigenvalue weighted by Crippen LogP contribution is 2.26. The van der Waals surface area contributed by atoms with Crippen molar-refractivity contribution in [2.24, 2.45) is 0 Å². The Kier molecular flexibility index (Phi) is 3.16. The number of H-pyrrole nitrogens is 1. The van der Waals surface area contributed by atoms with Gasteiger partial charge in [-0.05, 0) is 6.07 Å². The smallest absolute Gasteiger partial charge is 0.272 e. The van der Waals surface area contributed by atoms with E-state index >= 15 is 0 Å². The first-order chi connectivity index (χ1) is 8.08. The van der Waals surface area contributed by atoms with Gasteiger partial charge in [0.1, 0.15) is 17.7 Å². The monoisotopic (exact) mass is 271 g/mol. The summed E-state index contributed by atoms with van der Waals surface area (Å²) in [7, 11) is 0. The molecule has 0 aliphatic rings. The minimum Gasteiger partial charge on any atom is -0.397 e. The molecule has 0 fully saturated rings. The molecule has 0 aliphatic heterocycles. The highest BCUT2D eigenvalue weighted by atomic mass is 35.5. The summed E-state index contributed by atoms with van der Waals surface area (Å²) in [4.78, 5) is 21.9. The number of hydrogen-bond acceptors (Lipinski definition) is 4. The van der Waals surface area contributed by atoms with E-state index in [4.69, 9.17) is 28.9 Å². The number of aromatic amines is 1. The average Bonchev–Trinajstić information content (AvgIpc) is 2.70. The highest BCUT2D eigenvalue weighted by Gasteiger charge is 2.14. The molecule has 0 bridgehead atoms. The predicted molar refractivity (Wildman–Crippen MR) is 65.2 cm³/mol. The van der Waals surface area contributed by atoms with Crippen LogP contribution in [0.2, 0.25) is 10.3 Å². The molecule has 2 aromatic rings. The van der Waals surface area contributed by atoms with E-state index in [2.05, 4.69) is 20.3 Å². The third kappa shape index (κ3) is 2.48. The Morgan fingerprint density at radius 1 is 1.35 bits per heavy atom. The van der Waals surface area contributed by atoms with Crippen molar-refractivity contribution in [2.75, 3.05) is 11.1 Å². The summed E-state index contributed by atoms with van der Waals surface area (Å²) in [5.41, 5.74) is 6.39. The molecule has 0 atom stereocenters. The second-order valence-electron chi connectivity index (χ2n) is 3.13. The number of aromatic nitrogens is 3. The fraction of sp³-hybridized carbons (Fsp3) is 0. The number of nitrogen functional groups attached to an aromatic ring is 1. The molecule has 0 spiro atoms. The van der Waals surface area contributed by atoms with Gasteiger partial charge in [-0.15, -0.1) is 0 Å². The first-order valence-corrected chi connectivity index (χ1v) is 5.25. The summed E-state index contributed by atoms with van der Waals surface area (Å²) >= 11 is 11.6. The largest absolute Gasteiger partial charge is 0.397 e. The number of halogens is 2. The van der Waals surface area contributed by atoms with Crippen LogP contribution in [0.1, 0.15) is 10.5 Å². The van der Waals surface area contributed by atoms with Crippen molar-refractivity contribution in [3.63, 3.8) is 0 Å². The van der Waals surface area contributed by atoms with E-state index in [-0.39, 0.29) is 16.0 Å². The molecule has 17 heavy (non-hydrogen) atoms. The fourth-order valence-corrected chi connectivity index (χ4v) is 1.58. The van der Waals surface area contributed by atoms with Crippen LogP contribution < -0.4 is 11.1 Å². The maximum atomic E-state index is 11.8. The van der Waals surface area contributed by atoms with Gasteiger partial charge in [-0.25, -0.2) is 9.97 Å². The number of carbonyl (C=O) groups is 1. The van der Waals surface area contributed by atoms with E-state index in [1.54, 1.807) is 0 Å². The van der Waals surface area contributed by atoms with Gasteiger partial charge in [0.15, 0.2) is 10.3 Å². The molecular formula is C9H7Cl2N5O. The number of carbonyl (C=O) groups excluding carboxylic acids is 1. The van der Waals surface area contributed by atoms with Crippen molar-refractivity contribution in [3.05, 3.63) is 34.6 Å². The molecule has 0 unspecified atom stereocenters. The van der Waals surface area contributed by atoms with Gasteiger partial charge in [0.05, 0.1) is 0 Å². The van der Waals surface area contributed by atoms with Gasteiger partial charge in [0, 0.05) is 11.9 Å². The molecule has 4 N–H and O–H groups in total. The number of rotatable bonds is 2. The van der Waals surface area contributed by atoms with Crippen molar-refractivity contribution in [3.8, 4) is 0 Å². The van der Waals surface area contributed by atoms with E-state index in [1.165, 1.54) is 18.6 Å². The lowest BCUT2D eigenvalue weighted by molar-refractivity contribution is 0.102. The molecule has 2 rings (SSSR count). The molecule has 0 aliphatic carbocycles. The fourth-order valence-electron chi connectivity index (χ4n) is 1.17. The van der Waals surface area contributed by atoms with Gasteiger partial charge in [0.2, 0.25) is 0 Å². The average molecular weight is 272 g/mol. The van der Waals surface area contributed by atoms with Crippen LogP contribution >= 0.6 is 23.2 Å². The van der Waals surface area contributed by atoms with E-state index in [1.807, 2.05) is 0 Å². The molecule has 2 heterocycles. The zero-order valence-electron chi connectivity index (χ0n) is 8.37. The molecule has 2 aromatic heterocycles. The van der Waals surface area contributed by atoms with Gasteiger partial charge >= 0.3 is 0 Å². The molecule has 8 heteroatoms. The number of nitrogens with one attached hydrogen (secondary N) is 2. The second-order valence-corrected chi connectivity index (χ2v) is 3.85. The molecule has 88 valence electrons. The van der Waals surface area contributed by atoms with Crippen LogP contribution in [-0.4, -0.2) is 20.9 Å². The first-order valence-electron chi connectivity index (χ1n) is 4.49. The van der Waals surface area contributed by atoms with Crippen LogP contribution in [0, 0.1) is 0 Å². The normalized spacial score (nSPS) is 10.2. The van der Waals surface area contributed by atoms with Gasteiger partial charge in [0.25, 0.3) is 5.91 Å². The summed E-state index contributed by atoms with van der Waals surface area (Å²) in [6, 6.07) is 1.49. The van der Waals surface area contributed by atoms with E-state index in [0.29, 0.717) is 11.4 Å². The third-order valence-corrected chi connectivity index (χ3v) is 2.52. The topological polar surface area (TPSA) is 96.7 Å². The van der Waals surface area contributed by atoms with Crippen LogP contribution in [-0.2, 0) is 0 Å². The number of nitrogens with zero attached hydrogens (tertiary/aromatic N) is 2. The van der Waals surface area contributed by atoms with Gasteiger partial charge < -0.3 is 16.0 Å². The van der Waals surface area contributed by atoms with Gasteiger partial charge in [-0.2, -0.15) is 0 Å². The predicted octanol–water partition coefficient (Wildman–Crippen LogP) is 1.95. The summed E-state index contributed by atoms with van der Waals surface area (Å²) in [5.74, 6) is -0.430. The number of amides is 1. The van der Waals surface area contributed by atoms with Crippen molar-refractivity contribution in [2.45, 2.75) is 0 Å². The number of hydrogen-bond donors (Lipinski definition) is 3. The molecule has 0 aromatic carbocycles. The molecule has 0 radical (unpaired) electrons. The lowest BCUT2D eigenvalue weighted by Gasteiger charge is -2.06. The minimum atomic E-state index is -0.430. The van der Waals surface area contributed by atoms with Crippen molar-refractivity contribution < 1.29 is 4.79 Å². The Morgan fingerprint density at radius 3 is 2.53 bits per heavy atom. The number of nitrogens with two attached hydrogens (primary N) is 1. The van der Waals surface area contributed by atoms with Crippen molar-refractivity contribution in [1.29, 1.82) is 0 Å². The Hall–Kier alpha value is -1.79. The van der Waals surface area contributed by atoms with Crippen LogP contribution in [0.5, 0.6) is 0 Å². The lowest BCUT2D eigenvalue weighted by atomic mass is 10.3. The Bertz CT molecular complexity index is 548. The molecule has 1 amide bonds. The van der Waals surface area contributed by atoms with E-state index < -0.39 is 5.91 Å². The van der Waals surface area contributed by atoms with Crippen LogP contribution in [0.4, 0.5) is 11.4 Å². The third-order valence-electron chi connectivity index (χ3n) is 1.94. The van der Waals surface area contributed by atoms with E-state index in [0.717, 1.165) is 0 Å². The summed E-state index contributed by atoms with van der Waals surface area (Å²) in [6.07, 6.45) is 2.70.